The standard InChI is InChI=1S/C17H19FN2O2S/c18-15-8-4-5-13(9-15)12-23(21,22)20-17-11-19-10-16(17)14-6-2-1-3-7-14/h1-9,16-17,19-20H,10-12H2/t16-,17+/m0/s1. The van der Waals surface area contributed by atoms with Crippen molar-refractivity contribution >= 4 is 10.0 Å². The van der Waals surface area contributed by atoms with Crippen LogP contribution in [0, 0.1) is 5.82 Å². The fourth-order valence-corrected chi connectivity index (χ4v) is 4.38. The van der Waals surface area contributed by atoms with Crippen molar-refractivity contribution in [2.24, 2.45) is 0 Å². The normalized spacial score (nSPS) is 21.4. The van der Waals surface area contributed by atoms with E-state index in [9.17, 15) is 12.8 Å². The topological polar surface area (TPSA) is 58.2 Å². The third-order valence-corrected chi connectivity index (χ3v) is 5.39. The second-order valence-electron chi connectivity index (χ2n) is 5.79. The van der Waals surface area contributed by atoms with Gasteiger partial charge in [-0.2, -0.15) is 0 Å². The first kappa shape index (κ1) is 16.1. The highest BCUT2D eigenvalue weighted by Gasteiger charge is 2.31. The number of hydrogen-bond donors (Lipinski definition) is 2. The Balaban J connectivity index is 1.72. The molecule has 0 unspecified atom stereocenters. The van der Waals surface area contributed by atoms with Crippen LogP contribution in [0.3, 0.4) is 0 Å². The van der Waals surface area contributed by atoms with E-state index in [1.54, 1.807) is 6.07 Å². The van der Waals surface area contributed by atoms with Gasteiger partial charge in [-0.15, -0.1) is 0 Å². The molecule has 0 bridgehead atoms. The molecule has 2 atom stereocenters. The van der Waals surface area contributed by atoms with E-state index in [4.69, 9.17) is 0 Å². The van der Waals surface area contributed by atoms with Gasteiger partial charge in [0.25, 0.3) is 0 Å². The molecule has 1 heterocycles. The van der Waals surface area contributed by atoms with E-state index >= 15 is 0 Å². The van der Waals surface area contributed by atoms with Crippen molar-refractivity contribution in [3.8, 4) is 0 Å². The Hall–Kier alpha value is -1.76. The lowest BCUT2D eigenvalue weighted by molar-refractivity contribution is 0.541. The minimum atomic E-state index is -3.53. The summed E-state index contributed by atoms with van der Waals surface area (Å²) >= 11 is 0. The second kappa shape index (κ2) is 6.78. The molecule has 1 fully saturated rings. The molecule has 0 amide bonds. The maximum absolute atomic E-state index is 13.2. The Morgan fingerprint density at radius 3 is 2.61 bits per heavy atom. The first-order chi connectivity index (χ1) is 11.0. The Morgan fingerprint density at radius 2 is 1.87 bits per heavy atom. The Morgan fingerprint density at radius 1 is 1.09 bits per heavy atom. The molecule has 3 rings (SSSR count). The quantitative estimate of drug-likeness (QED) is 0.879. The molecular formula is C17H19FN2O2S. The van der Waals surface area contributed by atoms with Gasteiger partial charge in [-0.3, -0.25) is 0 Å². The van der Waals surface area contributed by atoms with Gasteiger partial charge >= 0.3 is 0 Å². The molecule has 1 saturated heterocycles. The van der Waals surface area contributed by atoms with Gasteiger partial charge in [-0.25, -0.2) is 17.5 Å². The van der Waals surface area contributed by atoms with Crippen LogP contribution < -0.4 is 10.0 Å². The molecule has 2 aromatic carbocycles. The molecule has 23 heavy (non-hydrogen) atoms. The van der Waals surface area contributed by atoms with Crippen molar-refractivity contribution in [3.05, 3.63) is 71.5 Å². The summed E-state index contributed by atoms with van der Waals surface area (Å²) in [4.78, 5) is 0. The van der Waals surface area contributed by atoms with Crippen LogP contribution in [0.1, 0.15) is 17.0 Å². The molecule has 0 radical (unpaired) electrons. The summed E-state index contributed by atoms with van der Waals surface area (Å²) in [7, 11) is -3.53. The molecule has 0 aromatic heterocycles. The largest absolute Gasteiger partial charge is 0.314 e. The lowest BCUT2D eigenvalue weighted by Crippen LogP contribution is -2.40. The van der Waals surface area contributed by atoms with E-state index < -0.39 is 15.8 Å². The summed E-state index contributed by atoms with van der Waals surface area (Å²) in [6.45, 7) is 1.32. The smallest absolute Gasteiger partial charge is 0.216 e. The van der Waals surface area contributed by atoms with Crippen LogP contribution in [0.2, 0.25) is 0 Å². The molecule has 1 aliphatic heterocycles. The number of benzene rings is 2. The lowest BCUT2D eigenvalue weighted by Gasteiger charge is -2.20. The minimum absolute atomic E-state index is 0.0958. The van der Waals surface area contributed by atoms with Gasteiger partial charge in [0, 0.05) is 25.0 Å². The summed E-state index contributed by atoms with van der Waals surface area (Å²) in [5, 5.41) is 3.23. The molecule has 0 saturated carbocycles. The second-order valence-corrected chi connectivity index (χ2v) is 7.54. The molecule has 122 valence electrons. The van der Waals surface area contributed by atoms with Crippen LogP contribution in [-0.4, -0.2) is 27.5 Å². The molecule has 2 aromatic rings. The van der Waals surface area contributed by atoms with Gasteiger partial charge in [-0.05, 0) is 23.3 Å². The van der Waals surface area contributed by atoms with Gasteiger partial charge < -0.3 is 5.32 Å². The zero-order chi connectivity index (χ0) is 16.3. The van der Waals surface area contributed by atoms with E-state index in [0.717, 1.165) is 12.1 Å². The first-order valence-corrected chi connectivity index (χ1v) is 9.19. The monoisotopic (exact) mass is 334 g/mol. The van der Waals surface area contributed by atoms with Crippen molar-refractivity contribution in [1.29, 1.82) is 0 Å². The lowest BCUT2D eigenvalue weighted by atomic mass is 9.95. The summed E-state index contributed by atoms with van der Waals surface area (Å²) in [5.41, 5.74) is 1.55. The number of nitrogens with one attached hydrogen (secondary N) is 2. The highest BCUT2D eigenvalue weighted by atomic mass is 32.2. The van der Waals surface area contributed by atoms with Gasteiger partial charge in [0.15, 0.2) is 0 Å². The van der Waals surface area contributed by atoms with Crippen molar-refractivity contribution in [3.63, 3.8) is 0 Å². The number of hydrogen-bond acceptors (Lipinski definition) is 3. The van der Waals surface area contributed by atoms with Crippen LogP contribution in [0.5, 0.6) is 0 Å². The molecule has 6 heteroatoms. The predicted octanol–water partition coefficient (Wildman–Crippen LogP) is 2.00. The first-order valence-electron chi connectivity index (χ1n) is 7.54. The number of rotatable bonds is 5. The summed E-state index contributed by atoms with van der Waals surface area (Å²) in [6.07, 6.45) is 0. The molecule has 1 aliphatic rings. The van der Waals surface area contributed by atoms with Crippen LogP contribution >= 0.6 is 0 Å². The van der Waals surface area contributed by atoms with Gasteiger partial charge in [0.05, 0.1) is 5.75 Å². The van der Waals surface area contributed by atoms with E-state index in [2.05, 4.69) is 10.0 Å². The summed E-state index contributed by atoms with van der Waals surface area (Å²) in [5.74, 6) is -0.552. The van der Waals surface area contributed by atoms with Crippen LogP contribution in [0.15, 0.2) is 54.6 Å². The molecular weight excluding hydrogens is 315 g/mol. The van der Waals surface area contributed by atoms with Crippen molar-refractivity contribution in [1.82, 2.24) is 10.0 Å². The summed E-state index contributed by atoms with van der Waals surface area (Å²) in [6, 6.07) is 15.3. The fourth-order valence-electron chi connectivity index (χ4n) is 2.97. The predicted molar refractivity (Wildman–Crippen MR) is 88.0 cm³/mol. The molecule has 2 N–H and O–H groups in total. The van der Waals surface area contributed by atoms with Crippen LogP contribution in [0.25, 0.3) is 0 Å². The summed E-state index contributed by atoms with van der Waals surface area (Å²) < 4.78 is 40.7. The highest BCUT2D eigenvalue weighted by Crippen LogP contribution is 2.23. The SMILES string of the molecule is O=S(=O)(Cc1cccc(F)c1)N[C@@H]1CNC[C@H]1c1ccccc1. The third-order valence-electron chi connectivity index (χ3n) is 4.02. The Labute approximate surface area is 135 Å². The zero-order valence-corrected chi connectivity index (χ0v) is 13.4. The van der Waals surface area contributed by atoms with E-state index in [-0.39, 0.29) is 17.7 Å². The van der Waals surface area contributed by atoms with Crippen LogP contribution in [-0.2, 0) is 15.8 Å². The zero-order valence-electron chi connectivity index (χ0n) is 12.6. The van der Waals surface area contributed by atoms with Crippen molar-refractivity contribution in [2.75, 3.05) is 13.1 Å². The Bertz CT molecular complexity index is 765. The molecule has 0 spiro atoms. The van der Waals surface area contributed by atoms with Gasteiger partial charge in [-0.1, -0.05) is 42.5 Å². The van der Waals surface area contributed by atoms with Gasteiger partial charge in [0.1, 0.15) is 5.82 Å². The fraction of sp³-hybridized carbons (Fsp3) is 0.294. The third kappa shape index (κ3) is 4.16. The Kier molecular flexibility index (Phi) is 4.75. The highest BCUT2D eigenvalue weighted by molar-refractivity contribution is 7.88. The maximum Gasteiger partial charge on any atom is 0.216 e. The number of halogens is 1. The van der Waals surface area contributed by atoms with E-state index in [0.29, 0.717) is 12.1 Å². The average Bonchev–Trinajstić information content (AvgIpc) is 2.95. The average molecular weight is 334 g/mol. The van der Waals surface area contributed by atoms with Crippen molar-refractivity contribution in [2.45, 2.75) is 17.7 Å². The van der Waals surface area contributed by atoms with Crippen LogP contribution in [0.4, 0.5) is 4.39 Å². The van der Waals surface area contributed by atoms with Gasteiger partial charge in [0.2, 0.25) is 10.0 Å². The minimum Gasteiger partial charge on any atom is -0.314 e. The van der Waals surface area contributed by atoms with E-state index in [1.807, 2.05) is 30.3 Å². The van der Waals surface area contributed by atoms with Crippen molar-refractivity contribution < 1.29 is 12.8 Å². The molecule has 0 aliphatic carbocycles. The molecule has 4 nitrogen and oxygen atoms in total. The number of sulfonamides is 1. The maximum atomic E-state index is 13.2. The van der Waals surface area contributed by atoms with E-state index in [1.165, 1.54) is 18.2 Å².